The Balaban J connectivity index is -0.000000807. The van der Waals surface area contributed by atoms with Crippen LogP contribution in [-0.4, -0.2) is 182 Å². The van der Waals surface area contributed by atoms with Gasteiger partial charge < -0.3 is 33.5 Å². The van der Waals surface area contributed by atoms with Crippen molar-refractivity contribution >= 4 is 116 Å². The van der Waals surface area contributed by atoms with Gasteiger partial charge in [-0.3, -0.25) is 0 Å². The molecule has 3 amide bonds. The molecular formula is C11H22N2Na3O9Si. The van der Waals surface area contributed by atoms with Crippen molar-refractivity contribution in [2.45, 2.75) is 12.5 Å². The average molecular weight is 423 g/mol. The third-order valence-corrected chi connectivity index (χ3v) is 6.00. The maximum absolute atomic E-state index is 11.1. The van der Waals surface area contributed by atoms with Crippen LogP contribution in [0.5, 0.6) is 0 Å². The zero-order valence-electron chi connectivity index (χ0n) is 16.2. The van der Waals surface area contributed by atoms with E-state index in [1.807, 2.05) is 0 Å². The largest absolute Gasteiger partial charge is 0.500 e. The fourth-order valence-electron chi connectivity index (χ4n) is 1.84. The summed E-state index contributed by atoms with van der Waals surface area (Å²) in [6, 6.07) is 0.363. The number of nitrogens with zero attached hydrogens (tertiary/aromatic N) is 2. The molecule has 0 saturated heterocycles. The van der Waals surface area contributed by atoms with E-state index in [1.54, 1.807) is 0 Å². The number of hydrogen-bond donors (Lipinski definition) is 3. The first-order valence-corrected chi connectivity index (χ1v) is 8.53. The molecule has 0 aliphatic rings. The minimum absolute atomic E-state index is 0. The van der Waals surface area contributed by atoms with E-state index in [4.69, 9.17) is 28.6 Å². The summed E-state index contributed by atoms with van der Waals surface area (Å²) in [5.74, 6) is 0. The molecule has 0 aromatic rings. The Morgan fingerprint density at radius 1 is 0.769 bits per heavy atom. The van der Waals surface area contributed by atoms with Gasteiger partial charge in [-0.1, -0.05) is 0 Å². The summed E-state index contributed by atoms with van der Waals surface area (Å²) in [6.07, 6.45) is -4.24. The van der Waals surface area contributed by atoms with Crippen LogP contribution in [0.2, 0.25) is 6.04 Å². The van der Waals surface area contributed by atoms with E-state index in [-0.39, 0.29) is 107 Å². The second-order valence-corrected chi connectivity index (χ2v) is 7.48. The van der Waals surface area contributed by atoms with Crippen molar-refractivity contribution < 1.29 is 43.0 Å². The van der Waals surface area contributed by atoms with Crippen LogP contribution in [-0.2, 0) is 13.3 Å². The normalized spacial score (nSPS) is 9.81. The number of imide groups is 1. The van der Waals surface area contributed by atoms with Gasteiger partial charge in [-0.05, 0) is 6.42 Å². The topological polar surface area (TPSA) is 146 Å². The maximum atomic E-state index is 11.1. The van der Waals surface area contributed by atoms with Crippen LogP contribution in [0.4, 0.5) is 14.4 Å². The van der Waals surface area contributed by atoms with Gasteiger partial charge in [-0.15, -0.1) is 0 Å². The number of carbonyl (C=O) groups is 3. The summed E-state index contributed by atoms with van der Waals surface area (Å²) in [6.45, 7) is -0.680. The molecule has 0 aromatic carbocycles. The molecule has 0 heterocycles. The van der Waals surface area contributed by atoms with Crippen molar-refractivity contribution in [3.63, 3.8) is 0 Å². The van der Waals surface area contributed by atoms with Crippen molar-refractivity contribution in [3.8, 4) is 0 Å². The van der Waals surface area contributed by atoms with Gasteiger partial charge in [0.15, 0.2) is 0 Å². The Bertz CT molecular complexity index is 407. The van der Waals surface area contributed by atoms with Gasteiger partial charge in [0, 0.05) is 129 Å². The summed E-state index contributed by atoms with van der Waals surface area (Å²) in [5, 5.41) is 26.5. The van der Waals surface area contributed by atoms with Gasteiger partial charge in [0.1, 0.15) is 0 Å². The van der Waals surface area contributed by atoms with Crippen LogP contribution in [0.1, 0.15) is 6.42 Å². The van der Waals surface area contributed by atoms with Crippen molar-refractivity contribution in [2.75, 3.05) is 41.0 Å². The van der Waals surface area contributed by atoms with Crippen molar-refractivity contribution in [3.05, 3.63) is 0 Å². The molecule has 15 heteroatoms. The molecule has 3 N–H and O–H groups in total. The zero-order chi connectivity index (χ0) is 18.0. The van der Waals surface area contributed by atoms with Gasteiger partial charge in [0.25, 0.3) is 0 Å². The summed E-state index contributed by atoms with van der Waals surface area (Å²) >= 11 is 0. The van der Waals surface area contributed by atoms with E-state index in [2.05, 4.69) is 0 Å². The van der Waals surface area contributed by atoms with E-state index < -0.39 is 33.6 Å². The van der Waals surface area contributed by atoms with E-state index in [0.29, 0.717) is 12.5 Å². The first kappa shape index (κ1) is 34.6. The predicted molar refractivity (Wildman–Crippen MR) is 95.8 cm³/mol. The Labute approximate surface area is 219 Å². The van der Waals surface area contributed by atoms with Crippen LogP contribution < -0.4 is 0 Å². The molecule has 0 spiro atoms. The van der Waals surface area contributed by atoms with Gasteiger partial charge in [0.05, 0.1) is 6.54 Å². The van der Waals surface area contributed by atoms with Crippen molar-refractivity contribution in [1.82, 2.24) is 9.80 Å². The predicted octanol–water partition coefficient (Wildman–Crippen LogP) is -0.250. The molecule has 0 fully saturated rings. The fraction of sp³-hybridized carbons (Fsp3) is 0.727. The minimum Gasteiger partial charge on any atom is -0.465 e. The molecule has 0 bridgehead atoms. The fourth-order valence-corrected chi connectivity index (χ4v) is 3.54. The Hall–Kier alpha value is 1.11. The zero-order valence-corrected chi connectivity index (χ0v) is 23.2. The quantitative estimate of drug-likeness (QED) is 0.405. The molecule has 0 aliphatic carbocycles. The van der Waals surface area contributed by atoms with Crippen molar-refractivity contribution in [2.24, 2.45) is 0 Å². The molecular weight excluding hydrogens is 401 g/mol. The minimum atomic E-state index is -2.82. The van der Waals surface area contributed by atoms with Gasteiger partial charge in [-0.2, -0.15) is 0 Å². The second kappa shape index (κ2) is 18.2. The third kappa shape index (κ3) is 12.5. The first-order valence-electron chi connectivity index (χ1n) is 6.59. The van der Waals surface area contributed by atoms with Gasteiger partial charge in [-0.25, -0.2) is 19.3 Å². The van der Waals surface area contributed by atoms with Crippen LogP contribution in [0.15, 0.2) is 0 Å². The van der Waals surface area contributed by atoms with Crippen molar-refractivity contribution in [1.29, 1.82) is 0 Å². The first-order chi connectivity index (χ1) is 10.7. The molecule has 3 radical (unpaired) electrons. The summed E-state index contributed by atoms with van der Waals surface area (Å²) in [4.78, 5) is 33.6. The van der Waals surface area contributed by atoms with Gasteiger partial charge in [0.2, 0.25) is 0 Å². The molecule has 0 rings (SSSR count). The number of hydrogen-bond acceptors (Lipinski definition) is 6. The van der Waals surface area contributed by atoms with Crippen LogP contribution in [0, 0.1) is 0 Å². The molecule has 0 aliphatic heterocycles. The standard InChI is InChI=1S/C11H22N2O9Si.3Na/c1-20-23(21-2,22-3)8-4-5-12(9(14)15)6-7-13(10(16)17)11(18)19;;;/h4-8H2,1-3H3,(H,14,15)(H,16,17)(H,18,19);;;. The number of rotatable bonds is 10. The summed E-state index contributed by atoms with van der Waals surface area (Å²) < 4.78 is 15.6. The van der Waals surface area contributed by atoms with Crippen LogP contribution in [0.25, 0.3) is 0 Å². The van der Waals surface area contributed by atoms with E-state index in [1.165, 1.54) is 21.3 Å². The van der Waals surface area contributed by atoms with E-state index in [9.17, 15) is 14.4 Å². The molecule has 137 valence electrons. The van der Waals surface area contributed by atoms with Gasteiger partial charge >= 0.3 is 27.1 Å². The Morgan fingerprint density at radius 2 is 1.19 bits per heavy atom. The molecule has 11 nitrogen and oxygen atoms in total. The van der Waals surface area contributed by atoms with E-state index in [0.717, 1.165) is 4.90 Å². The molecule has 0 aromatic heterocycles. The Kier molecular flexibility index (Phi) is 24.2. The molecule has 26 heavy (non-hydrogen) atoms. The monoisotopic (exact) mass is 423 g/mol. The number of amides is 3. The molecule has 0 atom stereocenters. The molecule has 0 saturated carbocycles. The number of carboxylic acid groups (broad SMARTS) is 3. The summed E-state index contributed by atoms with van der Waals surface area (Å²) in [5.41, 5.74) is 0. The summed E-state index contributed by atoms with van der Waals surface area (Å²) in [7, 11) is 1.49. The second-order valence-electron chi connectivity index (χ2n) is 4.39. The SMILES string of the molecule is CO[Si](CCCN(CCN(C(=O)O)C(=O)O)C(=O)O)(OC)OC.[Na].[Na].[Na]. The maximum Gasteiger partial charge on any atom is 0.500 e. The van der Waals surface area contributed by atoms with E-state index >= 15 is 0 Å². The van der Waals surface area contributed by atoms with Crippen LogP contribution in [0.3, 0.4) is 0 Å². The third-order valence-electron chi connectivity index (χ3n) is 3.17. The van der Waals surface area contributed by atoms with Crippen LogP contribution >= 0.6 is 0 Å². The Morgan fingerprint density at radius 3 is 1.50 bits per heavy atom. The smallest absolute Gasteiger partial charge is 0.465 e. The average Bonchev–Trinajstić information content (AvgIpc) is 2.49. The molecule has 0 unspecified atom stereocenters.